The van der Waals surface area contributed by atoms with E-state index < -0.39 is 0 Å². The highest BCUT2D eigenvalue weighted by atomic mass is 16.3. The number of fused-ring (bicyclic) bond motifs is 1. The minimum atomic E-state index is -0.135. The maximum atomic E-state index is 12.2. The number of pyridine rings is 1. The van der Waals surface area contributed by atoms with Crippen LogP contribution in [0.5, 0.6) is 5.75 Å². The van der Waals surface area contributed by atoms with Crippen molar-refractivity contribution in [3.63, 3.8) is 0 Å². The molecule has 0 radical (unpaired) electrons. The number of aryl methyl sites for hydroxylation is 1. The monoisotopic (exact) mass is 321 g/mol. The summed E-state index contributed by atoms with van der Waals surface area (Å²) < 4.78 is 2.15. The normalized spacial score (nSPS) is 13.7. The number of rotatable bonds is 2. The molecule has 0 unspecified atom stereocenters. The summed E-state index contributed by atoms with van der Waals surface area (Å²) in [6.45, 7) is 2.85. The number of nitrogens with one attached hydrogen (secondary N) is 1. The van der Waals surface area contributed by atoms with Crippen molar-refractivity contribution in [3.8, 4) is 28.4 Å². The topological polar surface area (TPSA) is 70.9 Å². The van der Waals surface area contributed by atoms with Crippen LogP contribution in [0.15, 0.2) is 41.3 Å². The quantitative estimate of drug-likeness (QED) is 0.761. The van der Waals surface area contributed by atoms with Gasteiger partial charge in [0.2, 0.25) is 0 Å². The van der Waals surface area contributed by atoms with E-state index in [0.717, 1.165) is 54.1 Å². The standard InChI is InChI=1S/C19H19N3O2/c1-12-7-8-16(23)14(11-12)18-21-17(13-5-4-9-20-19(13)24)15-6-2-3-10-22(15)18/h4-5,7-9,11,23H,2-3,6,10H2,1H3,(H,20,24). The van der Waals surface area contributed by atoms with Crippen molar-refractivity contribution in [2.45, 2.75) is 32.7 Å². The Kier molecular flexibility index (Phi) is 3.49. The lowest BCUT2D eigenvalue weighted by Crippen LogP contribution is -2.13. The Bertz CT molecular complexity index is 969. The summed E-state index contributed by atoms with van der Waals surface area (Å²) >= 11 is 0. The Hall–Kier alpha value is -2.82. The molecule has 4 rings (SSSR count). The van der Waals surface area contributed by atoms with E-state index in [1.807, 2.05) is 25.1 Å². The van der Waals surface area contributed by atoms with Gasteiger partial charge in [-0.3, -0.25) is 4.79 Å². The van der Waals surface area contributed by atoms with Crippen molar-refractivity contribution >= 4 is 0 Å². The number of hydrogen-bond donors (Lipinski definition) is 2. The van der Waals surface area contributed by atoms with E-state index in [4.69, 9.17) is 4.98 Å². The van der Waals surface area contributed by atoms with E-state index in [1.54, 1.807) is 18.3 Å². The van der Waals surface area contributed by atoms with Gasteiger partial charge in [0.1, 0.15) is 11.6 Å². The Morgan fingerprint density at radius 3 is 2.92 bits per heavy atom. The van der Waals surface area contributed by atoms with Crippen molar-refractivity contribution in [2.24, 2.45) is 0 Å². The highest BCUT2D eigenvalue weighted by Crippen LogP contribution is 2.35. The minimum absolute atomic E-state index is 0.135. The summed E-state index contributed by atoms with van der Waals surface area (Å²) in [5, 5.41) is 10.3. The van der Waals surface area contributed by atoms with Crippen LogP contribution >= 0.6 is 0 Å². The predicted molar refractivity (Wildman–Crippen MR) is 93.1 cm³/mol. The summed E-state index contributed by atoms with van der Waals surface area (Å²) in [6, 6.07) is 9.13. The summed E-state index contributed by atoms with van der Waals surface area (Å²) in [6.07, 6.45) is 4.68. The number of phenolic OH excluding ortho intramolecular Hbond substituents is 1. The number of phenols is 1. The van der Waals surface area contributed by atoms with Gasteiger partial charge in [-0.05, 0) is 50.5 Å². The summed E-state index contributed by atoms with van der Waals surface area (Å²) in [5.74, 6) is 0.955. The Labute approximate surface area is 139 Å². The molecule has 0 atom stereocenters. The molecule has 0 saturated heterocycles. The lowest BCUT2D eigenvalue weighted by Gasteiger charge is -2.18. The van der Waals surface area contributed by atoms with Gasteiger partial charge in [0.25, 0.3) is 5.56 Å². The Morgan fingerprint density at radius 2 is 2.08 bits per heavy atom. The van der Waals surface area contributed by atoms with Gasteiger partial charge in [-0.15, -0.1) is 0 Å². The highest BCUT2D eigenvalue weighted by molar-refractivity contribution is 5.71. The second-order valence-electron chi connectivity index (χ2n) is 6.27. The Balaban J connectivity index is 1.98. The van der Waals surface area contributed by atoms with Crippen LogP contribution < -0.4 is 5.56 Å². The van der Waals surface area contributed by atoms with Crippen LogP contribution in [0.3, 0.4) is 0 Å². The fraction of sp³-hybridized carbons (Fsp3) is 0.263. The molecule has 0 amide bonds. The molecule has 1 aliphatic heterocycles. The lowest BCUT2D eigenvalue weighted by atomic mass is 10.0. The summed E-state index contributed by atoms with van der Waals surface area (Å²) in [4.78, 5) is 19.7. The van der Waals surface area contributed by atoms with Crippen LogP contribution in [0.2, 0.25) is 0 Å². The van der Waals surface area contributed by atoms with Crippen LogP contribution in [-0.4, -0.2) is 19.6 Å². The molecule has 1 aromatic carbocycles. The molecule has 5 nitrogen and oxygen atoms in total. The van der Waals surface area contributed by atoms with Gasteiger partial charge < -0.3 is 14.7 Å². The number of imidazole rings is 1. The first-order chi connectivity index (χ1) is 11.6. The molecule has 0 bridgehead atoms. The van der Waals surface area contributed by atoms with Crippen LogP contribution in [-0.2, 0) is 13.0 Å². The van der Waals surface area contributed by atoms with Gasteiger partial charge >= 0.3 is 0 Å². The fourth-order valence-corrected chi connectivity index (χ4v) is 3.40. The van der Waals surface area contributed by atoms with E-state index >= 15 is 0 Å². The van der Waals surface area contributed by atoms with E-state index in [2.05, 4.69) is 9.55 Å². The molecule has 122 valence electrons. The minimum Gasteiger partial charge on any atom is -0.507 e. The molecular weight excluding hydrogens is 302 g/mol. The molecule has 24 heavy (non-hydrogen) atoms. The van der Waals surface area contributed by atoms with E-state index in [0.29, 0.717) is 5.56 Å². The zero-order valence-electron chi connectivity index (χ0n) is 13.5. The third-order valence-electron chi connectivity index (χ3n) is 4.58. The average Bonchev–Trinajstić information content (AvgIpc) is 2.97. The zero-order valence-corrected chi connectivity index (χ0v) is 13.5. The van der Waals surface area contributed by atoms with Gasteiger partial charge in [0, 0.05) is 18.4 Å². The number of aromatic amines is 1. The van der Waals surface area contributed by atoms with Crippen LogP contribution in [0, 0.1) is 6.92 Å². The first-order valence-electron chi connectivity index (χ1n) is 8.22. The van der Waals surface area contributed by atoms with Gasteiger partial charge in [-0.2, -0.15) is 0 Å². The molecule has 0 saturated carbocycles. The zero-order chi connectivity index (χ0) is 16.7. The average molecular weight is 321 g/mol. The van der Waals surface area contributed by atoms with E-state index in [1.165, 1.54) is 0 Å². The molecule has 2 aromatic heterocycles. The second-order valence-corrected chi connectivity index (χ2v) is 6.27. The molecule has 2 N–H and O–H groups in total. The van der Waals surface area contributed by atoms with Crippen molar-refractivity contribution in [1.29, 1.82) is 0 Å². The maximum absolute atomic E-state index is 12.2. The number of hydrogen-bond acceptors (Lipinski definition) is 3. The summed E-state index contributed by atoms with van der Waals surface area (Å²) in [5.41, 5.74) is 4.04. The third-order valence-corrected chi connectivity index (χ3v) is 4.58. The third kappa shape index (κ3) is 2.33. The van der Waals surface area contributed by atoms with Gasteiger partial charge in [0.15, 0.2) is 0 Å². The fourth-order valence-electron chi connectivity index (χ4n) is 3.40. The second kappa shape index (κ2) is 5.67. The van der Waals surface area contributed by atoms with Crippen molar-refractivity contribution in [1.82, 2.24) is 14.5 Å². The van der Waals surface area contributed by atoms with Gasteiger partial charge in [0.05, 0.1) is 16.8 Å². The molecular formula is C19H19N3O2. The number of aromatic hydroxyl groups is 1. The molecule has 3 heterocycles. The van der Waals surface area contributed by atoms with Crippen molar-refractivity contribution < 1.29 is 5.11 Å². The number of H-pyrrole nitrogens is 1. The first-order valence-corrected chi connectivity index (χ1v) is 8.22. The molecule has 5 heteroatoms. The van der Waals surface area contributed by atoms with Crippen LogP contribution in [0.4, 0.5) is 0 Å². The molecule has 0 spiro atoms. The van der Waals surface area contributed by atoms with Gasteiger partial charge in [-0.25, -0.2) is 4.98 Å². The number of benzene rings is 1. The van der Waals surface area contributed by atoms with Crippen molar-refractivity contribution in [3.05, 3.63) is 58.1 Å². The van der Waals surface area contributed by atoms with Crippen molar-refractivity contribution in [2.75, 3.05) is 0 Å². The molecule has 0 fully saturated rings. The van der Waals surface area contributed by atoms with E-state index in [-0.39, 0.29) is 11.3 Å². The SMILES string of the molecule is Cc1ccc(O)c(-c2nc(-c3ccc[nH]c3=O)c3n2CCCC3)c1. The van der Waals surface area contributed by atoms with Crippen LogP contribution in [0.25, 0.3) is 22.6 Å². The largest absolute Gasteiger partial charge is 0.507 e. The predicted octanol–water partition coefficient (Wildman–Crippen LogP) is 3.26. The maximum Gasteiger partial charge on any atom is 0.257 e. The molecule has 3 aromatic rings. The van der Waals surface area contributed by atoms with Gasteiger partial charge in [-0.1, -0.05) is 11.6 Å². The number of nitrogens with zero attached hydrogens (tertiary/aromatic N) is 2. The smallest absolute Gasteiger partial charge is 0.257 e. The van der Waals surface area contributed by atoms with E-state index in [9.17, 15) is 9.90 Å². The summed E-state index contributed by atoms with van der Waals surface area (Å²) in [7, 11) is 0. The lowest BCUT2D eigenvalue weighted by molar-refractivity contribution is 0.475. The van der Waals surface area contributed by atoms with Crippen LogP contribution in [0.1, 0.15) is 24.1 Å². The highest BCUT2D eigenvalue weighted by Gasteiger charge is 2.24. The number of aromatic nitrogens is 3. The first kappa shape index (κ1) is 14.8. The molecule has 1 aliphatic rings. The molecule has 0 aliphatic carbocycles. The Morgan fingerprint density at radius 1 is 1.21 bits per heavy atom.